The highest BCUT2D eigenvalue weighted by molar-refractivity contribution is 7.98. The predicted molar refractivity (Wildman–Crippen MR) is 159 cm³/mol. The molecule has 3 heterocycles. The van der Waals surface area contributed by atoms with Crippen LogP contribution in [0.1, 0.15) is 48.5 Å². The zero-order valence-electron chi connectivity index (χ0n) is 23.0. The minimum absolute atomic E-state index is 0.213. The van der Waals surface area contributed by atoms with E-state index in [0.717, 1.165) is 16.0 Å². The normalized spacial score (nSPS) is 14.9. The van der Waals surface area contributed by atoms with Crippen molar-refractivity contribution in [2.75, 3.05) is 19.5 Å². The number of fused-ring (bicyclic) bond motifs is 1. The van der Waals surface area contributed by atoms with Crippen LogP contribution < -0.4 is 14.9 Å². The molecular formula is C31H28N2O6S2. The summed E-state index contributed by atoms with van der Waals surface area (Å²) in [7, 11) is 0. The van der Waals surface area contributed by atoms with Crippen molar-refractivity contribution < 1.29 is 23.5 Å². The van der Waals surface area contributed by atoms with E-state index in [1.54, 1.807) is 79.6 Å². The minimum Gasteiger partial charge on any atom is -0.463 e. The Balaban J connectivity index is 1.54. The number of carbonyl (C=O) groups excluding carboxylic acids is 2. The Bertz CT molecular complexity index is 1810. The van der Waals surface area contributed by atoms with Gasteiger partial charge in [-0.15, -0.1) is 11.8 Å². The fourth-order valence-electron chi connectivity index (χ4n) is 4.59. The Kier molecular flexibility index (Phi) is 8.41. The van der Waals surface area contributed by atoms with Crippen LogP contribution in [0.25, 0.3) is 17.4 Å². The third-order valence-corrected chi connectivity index (χ3v) is 8.26. The molecule has 0 fully saturated rings. The van der Waals surface area contributed by atoms with E-state index in [4.69, 9.17) is 13.9 Å². The van der Waals surface area contributed by atoms with Gasteiger partial charge in [0.25, 0.3) is 5.56 Å². The van der Waals surface area contributed by atoms with Gasteiger partial charge in [0.15, 0.2) is 4.80 Å². The van der Waals surface area contributed by atoms with E-state index in [-0.39, 0.29) is 18.1 Å². The number of rotatable bonds is 8. The molecule has 4 aromatic rings. The maximum Gasteiger partial charge on any atom is 0.338 e. The van der Waals surface area contributed by atoms with Gasteiger partial charge in [0.1, 0.15) is 11.5 Å². The molecule has 1 unspecified atom stereocenters. The number of thiazole rings is 1. The zero-order valence-corrected chi connectivity index (χ0v) is 24.6. The number of benzene rings is 2. The van der Waals surface area contributed by atoms with Gasteiger partial charge >= 0.3 is 11.9 Å². The van der Waals surface area contributed by atoms with Crippen molar-refractivity contribution in [3.8, 4) is 11.3 Å². The number of allylic oxidation sites excluding steroid dienone is 1. The number of furan rings is 1. The van der Waals surface area contributed by atoms with Crippen LogP contribution in [0, 0.1) is 0 Å². The molecule has 41 heavy (non-hydrogen) atoms. The van der Waals surface area contributed by atoms with Crippen LogP contribution >= 0.6 is 23.1 Å². The lowest BCUT2D eigenvalue weighted by Crippen LogP contribution is -2.39. The summed E-state index contributed by atoms with van der Waals surface area (Å²) >= 11 is 2.85. The quantitative estimate of drug-likeness (QED) is 0.212. The number of ether oxygens (including phenoxy) is 2. The maximum absolute atomic E-state index is 13.8. The molecule has 1 aliphatic heterocycles. The molecule has 2 aromatic carbocycles. The number of thioether (sulfide) groups is 1. The van der Waals surface area contributed by atoms with E-state index in [1.807, 2.05) is 30.5 Å². The van der Waals surface area contributed by atoms with Crippen molar-refractivity contribution in [3.63, 3.8) is 0 Å². The second kappa shape index (κ2) is 12.2. The number of hydrogen-bond donors (Lipinski definition) is 0. The average Bonchev–Trinajstić information content (AvgIpc) is 3.57. The predicted octanol–water partition coefficient (Wildman–Crippen LogP) is 4.96. The van der Waals surface area contributed by atoms with Gasteiger partial charge in [0.05, 0.1) is 40.6 Å². The van der Waals surface area contributed by atoms with Crippen LogP contribution in [0.5, 0.6) is 0 Å². The van der Waals surface area contributed by atoms with Gasteiger partial charge in [0.2, 0.25) is 0 Å². The van der Waals surface area contributed by atoms with E-state index in [2.05, 4.69) is 4.99 Å². The van der Waals surface area contributed by atoms with Crippen LogP contribution in [0.15, 0.2) is 91.0 Å². The molecule has 1 aliphatic rings. The maximum atomic E-state index is 13.8. The van der Waals surface area contributed by atoms with Gasteiger partial charge in [-0.25, -0.2) is 14.6 Å². The molecule has 8 nitrogen and oxygen atoms in total. The highest BCUT2D eigenvalue weighted by atomic mass is 32.2. The molecular weight excluding hydrogens is 560 g/mol. The Labute approximate surface area is 244 Å². The van der Waals surface area contributed by atoms with Crippen molar-refractivity contribution in [2.45, 2.75) is 31.7 Å². The summed E-state index contributed by atoms with van der Waals surface area (Å²) in [5, 5.41) is 0. The van der Waals surface area contributed by atoms with Gasteiger partial charge in [0, 0.05) is 16.5 Å². The minimum atomic E-state index is -0.673. The van der Waals surface area contributed by atoms with Gasteiger partial charge in [-0.05, 0) is 69.0 Å². The molecule has 2 aromatic heterocycles. The lowest BCUT2D eigenvalue weighted by Gasteiger charge is -2.24. The molecule has 0 aliphatic carbocycles. The summed E-state index contributed by atoms with van der Waals surface area (Å²) in [5.41, 5.74) is 2.61. The SMILES string of the molecule is CCOC(=O)C1=C(C)N=c2sc(=Cc3ccc(-c4ccc(C(=O)OCC)cc4)o3)c(=O)n2C1c1ccc(SC)cc1. The Hall–Kier alpha value is -4.15. The van der Waals surface area contributed by atoms with Crippen LogP contribution in [-0.2, 0) is 14.3 Å². The zero-order chi connectivity index (χ0) is 29.1. The molecule has 0 saturated heterocycles. The van der Waals surface area contributed by atoms with Gasteiger partial charge in [-0.1, -0.05) is 35.6 Å². The standard InChI is InChI=1S/C31H28N2O6S2/c1-5-37-29(35)21-9-7-19(8-10-21)24-16-13-22(39-24)17-25-28(34)33-27(20-11-14-23(40-4)15-12-20)26(30(36)38-6-2)18(3)32-31(33)41-25/h7-17,27H,5-6H2,1-4H3. The molecule has 5 rings (SSSR count). The lowest BCUT2D eigenvalue weighted by atomic mass is 9.96. The summed E-state index contributed by atoms with van der Waals surface area (Å²) in [4.78, 5) is 45.0. The van der Waals surface area contributed by atoms with Crippen molar-refractivity contribution in [1.82, 2.24) is 4.57 Å². The number of hydrogen-bond acceptors (Lipinski definition) is 9. The van der Waals surface area contributed by atoms with Gasteiger partial charge < -0.3 is 13.9 Å². The number of aromatic nitrogens is 1. The fourth-order valence-corrected chi connectivity index (χ4v) is 6.03. The van der Waals surface area contributed by atoms with Crippen molar-refractivity contribution in [1.29, 1.82) is 0 Å². The molecule has 0 bridgehead atoms. The first-order valence-corrected chi connectivity index (χ1v) is 15.1. The van der Waals surface area contributed by atoms with E-state index in [9.17, 15) is 14.4 Å². The van der Waals surface area contributed by atoms with Gasteiger partial charge in [-0.3, -0.25) is 9.36 Å². The van der Waals surface area contributed by atoms with Crippen LogP contribution in [-0.4, -0.2) is 36.0 Å². The summed E-state index contributed by atoms with van der Waals surface area (Å²) in [6, 6.07) is 17.6. The first-order chi connectivity index (χ1) is 19.8. The van der Waals surface area contributed by atoms with E-state index in [1.165, 1.54) is 11.3 Å². The molecule has 0 spiro atoms. The van der Waals surface area contributed by atoms with Gasteiger partial charge in [-0.2, -0.15) is 0 Å². The molecule has 0 amide bonds. The van der Waals surface area contributed by atoms with E-state index < -0.39 is 12.0 Å². The van der Waals surface area contributed by atoms with E-state index in [0.29, 0.717) is 44.3 Å². The molecule has 1 atom stereocenters. The lowest BCUT2D eigenvalue weighted by molar-refractivity contribution is -0.139. The molecule has 0 N–H and O–H groups in total. The topological polar surface area (TPSA) is 100 Å². The summed E-state index contributed by atoms with van der Waals surface area (Å²) in [6.07, 6.45) is 3.67. The number of esters is 2. The third kappa shape index (κ3) is 5.71. The van der Waals surface area contributed by atoms with Crippen LogP contribution in [0.2, 0.25) is 0 Å². The highest BCUT2D eigenvalue weighted by Crippen LogP contribution is 2.32. The monoisotopic (exact) mass is 588 g/mol. The van der Waals surface area contributed by atoms with Crippen molar-refractivity contribution >= 4 is 41.1 Å². The average molecular weight is 589 g/mol. The van der Waals surface area contributed by atoms with Crippen LogP contribution in [0.4, 0.5) is 0 Å². The van der Waals surface area contributed by atoms with Crippen LogP contribution in [0.3, 0.4) is 0 Å². The second-order valence-electron chi connectivity index (χ2n) is 9.08. The van der Waals surface area contributed by atoms with Crippen molar-refractivity contribution in [3.05, 3.63) is 109 Å². The van der Waals surface area contributed by atoms with E-state index >= 15 is 0 Å². The highest BCUT2D eigenvalue weighted by Gasteiger charge is 2.33. The number of nitrogens with zero attached hydrogens (tertiary/aromatic N) is 2. The second-order valence-corrected chi connectivity index (χ2v) is 11.0. The largest absolute Gasteiger partial charge is 0.463 e. The summed E-state index contributed by atoms with van der Waals surface area (Å²) < 4.78 is 18.4. The smallest absolute Gasteiger partial charge is 0.338 e. The molecule has 10 heteroatoms. The first kappa shape index (κ1) is 28.4. The first-order valence-electron chi connectivity index (χ1n) is 13.1. The number of carbonyl (C=O) groups is 2. The molecule has 0 saturated carbocycles. The molecule has 0 radical (unpaired) electrons. The Morgan fingerprint density at radius 2 is 1.68 bits per heavy atom. The Morgan fingerprint density at radius 3 is 2.34 bits per heavy atom. The molecule has 210 valence electrons. The van der Waals surface area contributed by atoms with Crippen molar-refractivity contribution in [2.24, 2.45) is 4.99 Å². The summed E-state index contributed by atoms with van der Waals surface area (Å²) in [5.74, 6) is 0.203. The summed E-state index contributed by atoms with van der Waals surface area (Å²) in [6.45, 7) is 5.79. The Morgan fingerprint density at radius 1 is 1.00 bits per heavy atom. The third-order valence-electron chi connectivity index (χ3n) is 6.53. The fraction of sp³-hybridized carbons (Fsp3) is 0.226.